The monoisotopic (exact) mass is 274 g/mol. The van der Waals surface area contributed by atoms with Gasteiger partial charge in [-0.3, -0.25) is 0 Å². The van der Waals surface area contributed by atoms with Crippen LogP contribution in [0.2, 0.25) is 0 Å². The zero-order valence-electron chi connectivity index (χ0n) is 11.1. The minimum Gasteiger partial charge on any atom is -0.480 e. The van der Waals surface area contributed by atoms with Crippen LogP contribution in [0, 0.1) is 0 Å². The molecule has 0 unspecified atom stereocenters. The summed E-state index contributed by atoms with van der Waals surface area (Å²) >= 11 is 0. The highest BCUT2D eigenvalue weighted by molar-refractivity contribution is 5.83. The van der Waals surface area contributed by atoms with E-state index >= 15 is 0 Å². The van der Waals surface area contributed by atoms with Crippen molar-refractivity contribution in [3.05, 3.63) is 0 Å². The van der Waals surface area contributed by atoms with Gasteiger partial charge < -0.3 is 25.5 Å². The Hall–Kier alpha value is -1.34. The Kier molecular flexibility index (Phi) is 6.04. The van der Waals surface area contributed by atoms with Crippen LogP contribution in [-0.2, 0) is 4.79 Å². The highest BCUT2D eigenvalue weighted by atomic mass is 16.4. The highest BCUT2D eigenvalue weighted by Gasteiger charge is 2.32. The number of aliphatic hydroxyl groups is 2. The van der Waals surface area contributed by atoms with Crippen LogP contribution in [0.25, 0.3) is 0 Å². The number of carbonyl (C=O) groups is 2. The summed E-state index contributed by atoms with van der Waals surface area (Å²) in [6.45, 7) is 1.69. The van der Waals surface area contributed by atoms with Gasteiger partial charge in [0.15, 0.2) is 6.04 Å². The standard InChI is InChI=1S/C12H22N2O5/c1-8(16)10(11(17)18)13-12(19)14(6-3-7-15)9-4-2-5-9/h8-10,15-16H,2-7H2,1H3,(H,13,19)(H,17,18)/t8-,10+/m1/s1. The molecular weight excluding hydrogens is 252 g/mol. The van der Waals surface area contributed by atoms with Gasteiger partial charge in [-0.1, -0.05) is 0 Å². The number of amides is 2. The van der Waals surface area contributed by atoms with Crippen molar-refractivity contribution in [1.29, 1.82) is 0 Å². The third kappa shape index (κ3) is 4.36. The van der Waals surface area contributed by atoms with Crippen molar-refractivity contribution in [2.24, 2.45) is 0 Å². The van der Waals surface area contributed by atoms with E-state index in [1.54, 1.807) is 4.90 Å². The number of nitrogens with zero attached hydrogens (tertiary/aromatic N) is 1. The molecule has 0 radical (unpaired) electrons. The van der Waals surface area contributed by atoms with E-state index in [1.165, 1.54) is 6.92 Å². The molecule has 2 atom stereocenters. The average molecular weight is 274 g/mol. The lowest BCUT2D eigenvalue weighted by molar-refractivity contribution is -0.141. The summed E-state index contributed by atoms with van der Waals surface area (Å²) in [5.74, 6) is -1.26. The molecule has 0 aromatic heterocycles. The largest absolute Gasteiger partial charge is 0.480 e. The molecule has 0 aromatic carbocycles. The highest BCUT2D eigenvalue weighted by Crippen LogP contribution is 2.25. The predicted octanol–water partition coefficient (Wildman–Crippen LogP) is -0.233. The molecule has 110 valence electrons. The van der Waals surface area contributed by atoms with Crippen LogP contribution in [0.1, 0.15) is 32.6 Å². The Balaban J connectivity index is 2.61. The molecule has 7 nitrogen and oxygen atoms in total. The number of rotatable bonds is 7. The number of urea groups is 1. The zero-order valence-corrected chi connectivity index (χ0v) is 11.1. The first-order chi connectivity index (χ1) is 8.97. The average Bonchev–Trinajstić information content (AvgIpc) is 2.27. The van der Waals surface area contributed by atoms with Crippen LogP contribution >= 0.6 is 0 Å². The molecule has 7 heteroatoms. The van der Waals surface area contributed by atoms with Crippen LogP contribution in [0.4, 0.5) is 4.79 Å². The Labute approximate surface area is 112 Å². The second-order valence-corrected chi connectivity index (χ2v) is 4.86. The van der Waals surface area contributed by atoms with Gasteiger partial charge in [0.25, 0.3) is 0 Å². The summed E-state index contributed by atoms with van der Waals surface area (Å²) in [5, 5.41) is 29.4. The van der Waals surface area contributed by atoms with E-state index < -0.39 is 24.1 Å². The number of nitrogens with one attached hydrogen (secondary N) is 1. The van der Waals surface area contributed by atoms with Crippen molar-refractivity contribution < 1.29 is 24.9 Å². The summed E-state index contributed by atoms with van der Waals surface area (Å²) in [6.07, 6.45) is 2.13. The number of aliphatic hydroxyl groups excluding tert-OH is 2. The Bertz CT molecular complexity index is 317. The fourth-order valence-corrected chi connectivity index (χ4v) is 1.99. The lowest BCUT2D eigenvalue weighted by Gasteiger charge is -2.38. The molecular formula is C12H22N2O5. The molecule has 0 heterocycles. The number of carboxylic acid groups (broad SMARTS) is 1. The van der Waals surface area contributed by atoms with Gasteiger partial charge in [-0.2, -0.15) is 0 Å². The second-order valence-electron chi connectivity index (χ2n) is 4.86. The second kappa shape index (κ2) is 7.30. The van der Waals surface area contributed by atoms with E-state index in [-0.39, 0.29) is 12.6 Å². The van der Waals surface area contributed by atoms with E-state index in [4.69, 9.17) is 10.2 Å². The minimum atomic E-state index is -1.32. The molecule has 19 heavy (non-hydrogen) atoms. The molecule has 4 N–H and O–H groups in total. The van der Waals surface area contributed by atoms with Crippen molar-refractivity contribution in [2.45, 2.75) is 50.8 Å². The number of carboxylic acids is 1. The maximum Gasteiger partial charge on any atom is 0.328 e. The first-order valence-corrected chi connectivity index (χ1v) is 6.56. The molecule has 1 aliphatic rings. The lowest BCUT2D eigenvalue weighted by Crippen LogP contribution is -2.56. The molecule has 0 bridgehead atoms. The first-order valence-electron chi connectivity index (χ1n) is 6.56. The normalized spacial score (nSPS) is 18.3. The molecule has 0 spiro atoms. The van der Waals surface area contributed by atoms with Crippen LogP contribution < -0.4 is 5.32 Å². The van der Waals surface area contributed by atoms with Crippen molar-refractivity contribution in [3.63, 3.8) is 0 Å². The summed E-state index contributed by atoms with van der Waals surface area (Å²) < 4.78 is 0. The fourth-order valence-electron chi connectivity index (χ4n) is 1.99. The van der Waals surface area contributed by atoms with E-state index in [0.29, 0.717) is 13.0 Å². The summed E-state index contributed by atoms with van der Waals surface area (Å²) in [6, 6.07) is -1.70. The third-order valence-electron chi connectivity index (χ3n) is 3.36. The Morgan fingerprint density at radius 1 is 1.42 bits per heavy atom. The van der Waals surface area contributed by atoms with Crippen LogP contribution in [0.15, 0.2) is 0 Å². The SMILES string of the molecule is C[C@@H](O)[C@H](NC(=O)N(CCCO)C1CCC1)C(=O)O. The number of hydrogen-bond acceptors (Lipinski definition) is 4. The maximum absolute atomic E-state index is 12.1. The molecule has 1 saturated carbocycles. The summed E-state index contributed by atoms with van der Waals surface area (Å²) in [4.78, 5) is 24.5. The van der Waals surface area contributed by atoms with Gasteiger partial charge in [0.1, 0.15) is 0 Å². The predicted molar refractivity (Wildman–Crippen MR) is 67.7 cm³/mol. The van der Waals surface area contributed by atoms with Gasteiger partial charge in [0, 0.05) is 19.2 Å². The number of hydrogen-bond donors (Lipinski definition) is 4. The summed E-state index contributed by atoms with van der Waals surface area (Å²) in [5.41, 5.74) is 0. The van der Waals surface area contributed by atoms with Crippen molar-refractivity contribution in [3.8, 4) is 0 Å². The smallest absolute Gasteiger partial charge is 0.328 e. The van der Waals surface area contributed by atoms with Crippen LogP contribution in [0.3, 0.4) is 0 Å². The molecule has 0 aromatic rings. The molecule has 1 rings (SSSR count). The van der Waals surface area contributed by atoms with Crippen molar-refractivity contribution >= 4 is 12.0 Å². The molecule has 1 aliphatic carbocycles. The van der Waals surface area contributed by atoms with Crippen molar-refractivity contribution in [2.75, 3.05) is 13.2 Å². The van der Waals surface area contributed by atoms with Crippen LogP contribution in [-0.4, -0.2) is 63.6 Å². The van der Waals surface area contributed by atoms with Gasteiger partial charge in [-0.05, 0) is 32.6 Å². The number of carbonyl (C=O) groups excluding carboxylic acids is 1. The minimum absolute atomic E-state index is 0.0186. The van der Waals surface area contributed by atoms with Crippen LogP contribution in [0.5, 0.6) is 0 Å². The first kappa shape index (κ1) is 15.7. The van der Waals surface area contributed by atoms with Gasteiger partial charge in [-0.15, -0.1) is 0 Å². The van der Waals surface area contributed by atoms with Gasteiger partial charge >= 0.3 is 12.0 Å². The van der Waals surface area contributed by atoms with E-state index in [0.717, 1.165) is 19.3 Å². The topological polar surface area (TPSA) is 110 Å². The quantitative estimate of drug-likeness (QED) is 0.512. The van der Waals surface area contributed by atoms with E-state index in [9.17, 15) is 14.7 Å². The number of aliphatic carboxylic acids is 1. The third-order valence-corrected chi connectivity index (χ3v) is 3.36. The molecule has 0 saturated heterocycles. The lowest BCUT2D eigenvalue weighted by atomic mass is 9.91. The molecule has 0 aliphatic heterocycles. The Morgan fingerprint density at radius 2 is 2.05 bits per heavy atom. The zero-order chi connectivity index (χ0) is 14.4. The maximum atomic E-state index is 12.1. The van der Waals surface area contributed by atoms with E-state index in [2.05, 4.69) is 5.32 Å². The van der Waals surface area contributed by atoms with Gasteiger partial charge in [0.05, 0.1) is 6.10 Å². The molecule has 2 amide bonds. The fraction of sp³-hybridized carbons (Fsp3) is 0.833. The molecule has 1 fully saturated rings. The van der Waals surface area contributed by atoms with Gasteiger partial charge in [0.2, 0.25) is 0 Å². The Morgan fingerprint density at radius 3 is 2.42 bits per heavy atom. The van der Waals surface area contributed by atoms with E-state index in [1.807, 2.05) is 0 Å². The summed E-state index contributed by atoms with van der Waals surface area (Å²) in [7, 11) is 0. The van der Waals surface area contributed by atoms with Gasteiger partial charge in [-0.25, -0.2) is 9.59 Å². The van der Waals surface area contributed by atoms with Crippen molar-refractivity contribution in [1.82, 2.24) is 10.2 Å².